The van der Waals surface area contributed by atoms with Crippen molar-refractivity contribution in [3.63, 3.8) is 0 Å². The van der Waals surface area contributed by atoms with Crippen molar-refractivity contribution in [2.45, 2.75) is 0 Å². The van der Waals surface area contributed by atoms with Gasteiger partial charge in [-0.05, 0) is 0 Å². The van der Waals surface area contributed by atoms with E-state index in [1.165, 1.54) is 0 Å². The van der Waals surface area contributed by atoms with E-state index in [0.717, 1.165) is 0 Å². The molecule has 0 aromatic heterocycles. The van der Waals surface area contributed by atoms with Crippen molar-refractivity contribution in [2.75, 3.05) is 0 Å². The van der Waals surface area contributed by atoms with Crippen molar-refractivity contribution >= 4 is 73.6 Å². The van der Waals surface area contributed by atoms with Gasteiger partial charge < -0.3 is 2.85 Å². The standard InChI is InChI=1S/Ba.Bi.Nb.O.3H/q+2;;;;;2*-1. The van der Waals surface area contributed by atoms with E-state index in [4.69, 9.17) is 2.81 Å². The predicted octanol–water partition coefficient (Wildman–Crippen LogP) is -0.926. The summed E-state index contributed by atoms with van der Waals surface area (Å²) in [6, 6.07) is 0. The molecule has 0 N–H and O–H groups in total. The normalized spacial score (nSPS) is 1.00. The fraction of sp³-hybridized carbons (Fsp3) is 0. The van der Waals surface area contributed by atoms with Crippen LogP contribution < -0.4 is 0 Å². The van der Waals surface area contributed by atoms with E-state index in [9.17, 15) is 0 Å². The molecular weight excluding hydrogens is 455 g/mol. The van der Waals surface area contributed by atoms with Crippen LogP contribution in [0.4, 0.5) is 0 Å². The Labute approximate surface area is 99.1 Å². The van der Waals surface area contributed by atoms with Crippen molar-refractivity contribution in [3.05, 3.63) is 0 Å². The van der Waals surface area contributed by atoms with Crippen LogP contribution in [0.1, 0.15) is 2.85 Å². The van der Waals surface area contributed by atoms with Crippen LogP contribution in [0.5, 0.6) is 0 Å². The van der Waals surface area contributed by atoms with E-state index in [0.29, 0.717) is 0 Å². The topological polar surface area (TPSA) is 17.1 Å². The molecule has 21 valence electrons. The van der Waals surface area contributed by atoms with Crippen LogP contribution in [-0.2, 0) is 25.2 Å². The van der Waals surface area contributed by atoms with Gasteiger partial charge in [0.15, 0.2) is 0 Å². The van der Waals surface area contributed by atoms with Crippen molar-refractivity contribution in [1.82, 2.24) is 0 Å². The van der Waals surface area contributed by atoms with Gasteiger partial charge in [-0.25, -0.2) is 0 Å². The van der Waals surface area contributed by atoms with Gasteiger partial charge in [-0.1, -0.05) is 0 Å². The molecule has 0 saturated carbocycles. The Morgan fingerprint density at radius 3 is 1.50 bits per heavy atom. The van der Waals surface area contributed by atoms with Crippen LogP contribution in [0.25, 0.3) is 0 Å². The number of hydrogen-bond acceptors (Lipinski definition) is 1. The molecule has 0 unspecified atom stereocenters. The van der Waals surface area contributed by atoms with Gasteiger partial charge >= 0.3 is 76.4 Å². The monoisotopic (exact) mass is 459 g/mol. The van der Waals surface area contributed by atoms with Gasteiger partial charge in [-0.2, -0.15) is 0 Å². The maximum atomic E-state index is 8.39. The van der Waals surface area contributed by atoms with Crippen LogP contribution in [0.3, 0.4) is 0 Å². The molecule has 0 aliphatic heterocycles. The molecule has 0 fully saturated rings. The maximum absolute atomic E-state index is 8.39. The summed E-state index contributed by atoms with van der Waals surface area (Å²) >= 11 is 0.0556. The van der Waals surface area contributed by atoms with Gasteiger partial charge in [-0.3, -0.25) is 0 Å². The van der Waals surface area contributed by atoms with Crippen LogP contribution in [-0.4, -0.2) is 73.6 Å². The molecule has 0 saturated heterocycles. The Morgan fingerprint density at radius 1 is 1.50 bits per heavy atom. The summed E-state index contributed by atoms with van der Waals surface area (Å²) in [4.78, 5) is 0. The predicted molar refractivity (Wildman–Crippen MR) is 15.8 cm³/mol. The second kappa shape index (κ2) is 16.7. The Bertz CT molecular complexity index is 13.5. The molecule has 4 heteroatoms. The van der Waals surface area contributed by atoms with Gasteiger partial charge in [0.05, 0.1) is 0 Å². The summed E-state index contributed by atoms with van der Waals surface area (Å²) < 4.78 is 8.39. The Balaban J connectivity index is -0.000000000833. The van der Waals surface area contributed by atoms with E-state index >= 15 is 0 Å². The fourth-order valence-electron chi connectivity index (χ4n) is 0. The molecule has 0 spiro atoms. The van der Waals surface area contributed by atoms with E-state index in [-0.39, 0.29) is 98.8 Å². The zero-order valence-electron chi connectivity index (χ0n) is 4.06. The second-order valence-electron chi connectivity index (χ2n) is 0. The minimum absolute atomic E-state index is 0. The molecule has 0 bridgehead atoms. The molecule has 4 heavy (non-hydrogen) atoms. The molecule has 0 aliphatic rings. The molecule has 0 rings (SSSR count). The third kappa shape index (κ3) is 8.89. The number of rotatable bonds is 0. The molecule has 0 atom stereocenters. The third-order valence-electron chi connectivity index (χ3n) is 0. The second-order valence-corrected chi connectivity index (χ2v) is 0. The van der Waals surface area contributed by atoms with Gasteiger partial charge in [0.1, 0.15) is 0 Å². The minimum atomic E-state index is 0. The van der Waals surface area contributed by atoms with E-state index < -0.39 is 0 Å². The van der Waals surface area contributed by atoms with Crippen molar-refractivity contribution < 1.29 is 28.0 Å². The summed E-state index contributed by atoms with van der Waals surface area (Å²) in [6.45, 7) is 0. The van der Waals surface area contributed by atoms with E-state index in [1.807, 2.05) is 0 Å². The Kier molecular flexibility index (Phi) is 65.7. The fourth-order valence-corrected chi connectivity index (χ4v) is 0. The zero-order valence-corrected chi connectivity index (χ0v) is 12.6. The molecule has 0 aliphatic carbocycles. The average Bonchev–Trinajstić information content (AvgIpc) is 1.00. The summed E-state index contributed by atoms with van der Waals surface area (Å²) in [5.41, 5.74) is 0. The molecule has 0 aromatic carbocycles. The molecule has 0 heterocycles. The van der Waals surface area contributed by atoms with Crippen LogP contribution in [0.15, 0.2) is 0 Å². The SMILES string of the molecule is [Ba+2].[H-].[H-].[Nb].[O]=[BiH]. The number of hydrogen-bond donors (Lipinski definition) is 0. The van der Waals surface area contributed by atoms with Gasteiger partial charge in [-0.15, -0.1) is 0 Å². The van der Waals surface area contributed by atoms with Crippen molar-refractivity contribution in [1.29, 1.82) is 0 Å². The summed E-state index contributed by atoms with van der Waals surface area (Å²) in [5, 5.41) is 0. The van der Waals surface area contributed by atoms with Gasteiger partial charge in [0.25, 0.3) is 0 Å². The van der Waals surface area contributed by atoms with E-state index in [1.54, 1.807) is 0 Å². The van der Waals surface area contributed by atoms with Crippen LogP contribution >= 0.6 is 0 Å². The zero-order chi connectivity index (χ0) is 2.00. The first kappa shape index (κ1) is 15.8. The first-order chi connectivity index (χ1) is 1.00. The van der Waals surface area contributed by atoms with Gasteiger partial charge in [0, 0.05) is 22.4 Å². The van der Waals surface area contributed by atoms with Crippen LogP contribution in [0, 0.1) is 0 Å². The first-order valence-electron chi connectivity index (χ1n) is 0.204. The Morgan fingerprint density at radius 2 is 1.50 bits per heavy atom. The summed E-state index contributed by atoms with van der Waals surface area (Å²) in [6.07, 6.45) is 0. The quantitative estimate of drug-likeness (QED) is 0.430. The van der Waals surface area contributed by atoms with Gasteiger partial charge in [0.2, 0.25) is 0 Å². The molecule has 0 aromatic rings. The average molecular weight is 458 g/mol. The Hall–Kier alpha value is 2.99. The molecule has 1 radical (unpaired) electrons. The molecule has 1 nitrogen and oxygen atoms in total. The summed E-state index contributed by atoms with van der Waals surface area (Å²) in [5.74, 6) is 0. The van der Waals surface area contributed by atoms with Crippen molar-refractivity contribution in [3.8, 4) is 0 Å². The summed E-state index contributed by atoms with van der Waals surface area (Å²) in [7, 11) is 0. The molecule has 0 amide bonds. The third-order valence-corrected chi connectivity index (χ3v) is 0. The molecular formula is H3BaBiNbO. The van der Waals surface area contributed by atoms with E-state index in [2.05, 4.69) is 0 Å². The van der Waals surface area contributed by atoms with Crippen LogP contribution in [0.2, 0.25) is 0 Å². The first-order valence-corrected chi connectivity index (χ1v) is 1.79. The van der Waals surface area contributed by atoms with Crippen molar-refractivity contribution in [2.24, 2.45) is 0 Å².